The summed E-state index contributed by atoms with van der Waals surface area (Å²) in [6.45, 7) is 6.45. The van der Waals surface area contributed by atoms with Crippen LogP contribution in [0.1, 0.15) is 18.5 Å². The van der Waals surface area contributed by atoms with Crippen LogP contribution in [-0.2, 0) is 11.7 Å². The van der Waals surface area contributed by atoms with E-state index in [1.807, 2.05) is 0 Å². The molecule has 1 aliphatic carbocycles. The molecule has 1 heterocycles. The zero-order valence-corrected chi connectivity index (χ0v) is 12.7. The topological polar surface area (TPSA) is 80.0 Å². The average molecular weight is 304 g/mol. The van der Waals surface area contributed by atoms with Gasteiger partial charge < -0.3 is 10.4 Å². The van der Waals surface area contributed by atoms with Gasteiger partial charge in [0.05, 0.1) is 14.3 Å². The maximum atomic E-state index is 13.2. The number of hydrogen-bond donors (Lipinski definition) is 2. The van der Waals surface area contributed by atoms with Crippen molar-refractivity contribution in [1.29, 1.82) is 0 Å². The van der Waals surface area contributed by atoms with Gasteiger partial charge in [0.1, 0.15) is 11.2 Å². The Kier molecular flexibility index (Phi) is 3.35. The summed E-state index contributed by atoms with van der Waals surface area (Å²) in [5.41, 5.74) is -1.04. The molecule has 0 spiro atoms. The fourth-order valence-electron chi connectivity index (χ4n) is 2.45. The predicted octanol–water partition coefficient (Wildman–Crippen LogP) is 2.05. The number of carboxylic acid groups (broad SMARTS) is 1. The first-order valence-corrected chi connectivity index (χ1v) is 10.0. The largest absolute Gasteiger partial charge is 0.465 e. The van der Waals surface area contributed by atoms with Crippen molar-refractivity contribution < 1.29 is 18.7 Å². The van der Waals surface area contributed by atoms with Crippen LogP contribution >= 0.6 is 0 Å². The van der Waals surface area contributed by atoms with Gasteiger partial charge in [-0.25, -0.2) is 13.6 Å². The molecule has 0 atom stereocenters. The van der Waals surface area contributed by atoms with Crippen LogP contribution in [0.25, 0.3) is 0 Å². The molecule has 2 N–H and O–H groups in total. The molecular formula is C11H18F2N4O2Si. The Labute approximate surface area is 116 Å². The molecule has 0 saturated heterocycles. The lowest BCUT2D eigenvalue weighted by Crippen LogP contribution is -2.59. The van der Waals surface area contributed by atoms with E-state index in [9.17, 15) is 13.6 Å². The Morgan fingerprint density at radius 2 is 2.10 bits per heavy atom. The molecule has 1 aromatic rings. The van der Waals surface area contributed by atoms with Crippen molar-refractivity contribution in [1.82, 2.24) is 20.3 Å². The third-order valence-corrected chi connectivity index (χ3v) is 4.40. The molecule has 112 valence electrons. The third-order valence-electron chi connectivity index (χ3n) is 3.13. The summed E-state index contributed by atoms with van der Waals surface area (Å²) in [6.07, 6.45) is -0.195. The first-order valence-electron chi connectivity index (χ1n) is 6.31. The van der Waals surface area contributed by atoms with E-state index in [4.69, 9.17) is 5.11 Å². The van der Waals surface area contributed by atoms with Gasteiger partial charge in [-0.3, -0.25) is 4.68 Å². The van der Waals surface area contributed by atoms with Crippen LogP contribution in [-0.4, -0.2) is 40.2 Å². The summed E-state index contributed by atoms with van der Waals surface area (Å²) in [4.78, 5) is 10.8. The minimum atomic E-state index is -2.86. The van der Waals surface area contributed by atoms with Crippen LogP contribution < -0.4 is 5.32 Å². The molecule has 0 bridgehead atoms. The normalized spacial score (nSPS) is 20.2. The number of amides is 1. The van der Waals surface area contributed by atoms with E-state index in [0.29, 0.717) is 6.17 Å². The molecule has 6 nitrogen and oxygen atoms in total. The maximum absolute atomic E-state index is 13.2. The van der Waals surface area contributed by atoms with Gasteiger partial charge in [-0.2, -0.15) is 0 Å². The molecule has 0 aromatic carbocycles. The summed E-state index contributed by atoms with van der Waals surface area (Å²) < 4.78 is 27.9. The Balaban J connectivity index is 2.21. The summed E-state index contributed by atoms with van der Waals surface area (Å²) in [5.74, 6) is -2.86. The summed E-state index contributed by atoms with van der Waals surface area (Å²) in [6, 6.07) is 0. The highest BCUT2D eigenvalue weighted by Crippen LogP contribution is 2.51. The van der Waals surface area contributed by atoms with Gasteiger partial charge in [0.25, 0.3) is 5.92 Å². The van der Waals surface area contributed by atoms with Gasteiger partial charge in [0, 0.05) is 19.0 Å². The minimum Gasteiger partial charge on any atom is -0.465 e. The SMILES string of the molecule is C[Si](C)(C)Cn1cc(C2(NC(=O)O)CC(F)(F)C2)nn1. The summed E-state index contributed by atoms with van der Waals surface area (Å²) in [5, 5.41) is 18.8. The number of alkyl halides is 2. The average Bonchev–Trinajstić information content (AvgIpc) is 2.58. The van der Waals surface area contributed by atoms with Crippen LogP contribution in [0, 0.1) is 0 Å². The molecule has 20 heavy (non-hydrogen) atoms. The van der Waals surface area contributed by atoms with Gasteiger partial charge in [-0.15, -0.1) is 5.10 Å². The van der Waals surface area contributed by atoms with Gasteiger partial charge in [-0.1, -0.05) is 24.9 Å². The highest BCUT2D eigenvalue weighted by Gasteiger charge is 2.60. The van der Waals surface area contributed by atoms with E-state index >= 15 is 0 Å². The Morgan fingerprint density at radius 3 is 2.55 bits per heavy atom. The number of aromatic nitrogens is 3. The second-order valence-corrected chi connectivity index (χ2v) is 12.0. The number of carbonyl (C=O) groups is 1. The highest BCUT2D eigenvalue weighted by molar-refractivity contribution is 6.74. The van der Waals surface area contributed by atoms with Crippen LogP contribution in [0.15, 0.2) is 6.20 Å². The summed E-state index contributed by atoms with van der Waals surface area (Å²) >= 11 is 0. The van der Waals surface area contributed by atoms with E-state index < -0.39 is 38.5 Å². The molecule has 1 amide bonds. The zero-order valence-electron chi connectivity index (χ0n) is 11.7. The lowest BCUT2D eigenvalue weighted by atomic mass is 9.71. The quantitative estimate of drug-likeness (QED) is 0.834. The van der Waals surface area contributed by atoms with Crippen molar-refractivity contribution in [3.8, 4) is 0 Å². The third kappa shape index (κ3) is 3.14. The van der Waals surface area contributed by atoms with Crippen LogP contribution in [0.4, 0.5) is 13.6 Å². The molecule has 0 aliphatic heterocycles. The van der Waals surface area contributed by atoms with Crippen molar-refractivity contribution >= 4 is 14.2 Å². The Hall–Kier alpha value is -1.51. The first-order chi connectivity index (χ1) is 9.01. The van der Waals surface area contributed by atoms with Gasteiger partial charge in [0.2, 0.25) is 0 Å². The number of hydrogen-bond acceptors (Lipinski definition) is 3. The molecule has 0 unspecified atom stereocenters. The van der Waals surface area contributed by atoms with Crippen molar-refractivity contribution in [2.75, 3.05) is 0 Å². The van der Waals surface area contributed by atoms with E-state index in [2.05, 4.69) is 35.3 Å². The minimum absolute atomic E-state index is 0.268. The molecule has 9 heteroatoms. The maximum Gasteiger partial charge on any atom is 0.405 e. The van der Waals surface area contributed by atoms with Gasteiger partial charge in [-0.05, 0) is 0 Å². The summed E-state index contributed by atoms with van der Waals surface area (Å²) in [7, 11) is -1.42. The second kappa shape index (κ2) is 4.50. The van der Waals surface area contributed by atoms with Crippen LogP contribution in [0.5, 0.6) is 0 Å². The molecule has 0 radical (unpaired) electrons. The van der Waals surface area contributed by atoms with Crippen molar-refractivity contribution in [3.63, 3.8) is 0 Å². The van der Waals surface area contributed by atoms with Crippen LogP contribution in [0.3, 0.4) is 0 Å². The Morgan fingerprint density at radius 1 is 1.50 bits per heavy atom. The van der Waals surface area contributed by atoms with Crippen molar-refractivity contribution in [2.24, 2.45) is 0 Å². The van der Waals surface area contributed by atoms with E-state index in [1.54, 1.807) is 10.9 Å². The number of nitrogens with zero attached hydrogens (tertiary/aromatic N) is 3. The fraction of sp³-hybridized carbons (Fsp3) is 0.727. The van der Waals surface area contributed by atoms with E-state index in [1.165, 1.54) is 0 Å². The lowest BCUT2D eigenvalue weighted by molar-refractivity contribution is -0.136. The van der Waals surface area contributed by atoms with E-state index in [-0.39, 0.29) is 5.69 Å². The number of halogens is 2. The lowest BCUT2D eigenvalue weighted by Gasteiger charge is -2.45. The van der Waals surface area contributed by atoms with E-state index in [0.717, 1.165) is 0 Å². The van der Waals surface area contributed by atoms with Crippen molar-refractivity contribution in [3.05, 3.63) is 11.9 Å². The Bertz CT molecular complexity index is 519. The van der Waals surface area contributed by atoms with Crippen LogP contribution in [0.2, 0.25) is 19.6 Å². The predicted molar refractivity (Wildman–Crippen MR) is 70.4 cm³/mol. The van der Waals surface area contributed by atoms with Crippen molar-refractivity contribution in [2.45, 2.75) is 50.1 Å². The first kappa shape index (κ1) is 14.9. The molecule has 1 fully saturated rings. The van der Waals surface area contributed by atoms with Gasteiger partial charge in [0.15, 0.2) is 0 Å². The smallest absolute Gasteiger partial charge is 0.405 e. The monoisotopic (exact) mass is 304 g/mol. The molecule has 1 saturated carbocycles. The number of rotatable bonds is 4. The zero-order chi connectivity index (χ0) is 15.2. The molecule has 2 rings (SSSR count). The molecule has 1 aromatic heterocycles. The standard InChI is InChI=1S/C11H18F2N4O2Si/c1-20(2,3)7-17-4-8(15-16-17)10(14-9(18)19)5-11(12,13)6-10/h4,14H,5-7H2,1-3H3,(H,18,19). The highest BCUT2D eigenvalue weighted by atomic mass is 28.3. The molecular weight excluding hydrogens is 286 g/mol. The second-order valence-electron chi connectivity index (χ2n) is 6.58. The number of nitrogens with one attached hydrogen (secondary N) is 1. The van der Waals surface area contributed by atoms with Gasteiger partial charge >= 0.3 is 6.09 Å². The molecule has 1 aliphatic rings. The fourth-order valence-corrected chi connectivity index (χ4v) is 3.58.